The number of methoxy groups -OCH3 is 1. The van der Waals surface area contributed by atoms with E-state index in [9.17, 15) is 0 Å². The largest absolute Gasteiger partial charge is 0.495 e. The van der Waals surface area contributed by atoms with Gasteiger partial charge in [-0.2, -0.15) is 0 Å². The molecular weight excluding hydrogens is 276 g/mol. The van der Waals surface area contributed by atoms with Crippen LogP contribution in [0.25, 0.3) is 11.1 Å². The second-order valence-corrected chi connectivity index (χ2v) is 4.52. The van der Waals surface area contributed by atoms with Crippen LogP contribution in [0.4, 0.5) is 0 Å². The highest BCUT2D eigenvalue weighted by Crippen LogP contribution is 2.21. The molecule has 0 spiro atoms. The Hall–Kier alpha value is -2.34. The first-order chi connectivity index (χ1) is 9.74. The molecule has 2 aromatic heterocycles. The Kier molecular flexibility index (Phi) is 3.39. The maximum absolute atomic E-state index is 5.68. The lowest BCUT2D eigenvalue weighted by molar-refractivity contribution is 0.301. The van der Waals surface area contributed by atoms with Gasteiger partial charge in [-0.25, -0.2) is 0 Å². The van der Waals surface area contributed by atoms with Crippen LogP contribution < -0.4 is 9.47 Å². The van der Waals surface area contributed by atoms with Gasteiger partial charge in [0.1, 0.15) is 18.1 Å². The first-order valence-electron chi connectivity index (χ1n) is 5.99. The molecule has 1 aromatic carbocycles. The molecule has 0 atom stereocenters. The first kappa shape index (κ1) is 12.7. The van der Waals surface area contributed by atoms with Gasteiger partial charge in [-0.15, -0.1) is 0 Å². The van der Waals surface area contributed by atoms with Crippen molar-refractivity contribution in [3.05, 3.63) is 47.1 Å². The second-order valence-electron chi connectivity index (χ2n) is 4.15. The van der Waals surface area contributed by atoms with Crippen LogP contribution in [0, 0.1) is 4.84 Å². The van der Waals surface area contributed by atoms with E-state index < -0.39 is 0 Å². The molecule has 20 heavy (non-hydrogen) atoms. The fourth-order valence-electron chi connectivity index (χ4n) is 1.80. The molecular formula is C14H12N2O3S. The molecule has 5 nitrogen and oxygen atoms in total. The molecule has 0 fully saturated rings. The number of fused-ring (bicyclic) bond motifs is 1. The number of benzene rings is 1. The van der Waals surface area contributed by atoms with Crippen LogP contribution in [0.5, 0.6) is 11.5 Å². The van der Waals surface area contributed by atoms with Crippen molar-refractivity contribution in [3.8, 4) is 11.5 Å². The van der Waals surface area contributed by atoms with Crippen LogP contribution in [0.1, 0.15) is 5.69 Å². The summed E-state index contributed by atoms with van der Waals surface area (Å²) in [5.74, 6) is 1.45. The molecule has 0 amide bonds. The normalized spacial score (nSPS) is 10.7. The van der Waals surface area contributed by atoms with E-state index in [1.54, 1.807) is 13.3 Å². The lowest BCUT2D eigenvalue weighted by Crippen LogP contribution is -1.98. The van der Waals surface area contributed by atoms with Crippen LogP contribution in [0.3, 0.4) is 0 Å². The van der Waals surface area contributed by atoms with Gasteiger partial charge in [0.05, 0.1) is 24.5 Å². The highest BCUT2D eigenvalue weighted by Gasteiger charge is 2.03. The number of hydrogen-bond donors (Lipinski definition) is 1. The van der Waals surface area contributed by atoms with Crippen molar-refractivity contribution in [1.29, 1.82) is 0 Å². The number of ether oxygens (including phenoxy) is 2. The Morgan fingerprint density at radius 1 is 1.25 bits per heavy atom. The number of aromatic nitrogens is 2. The number of rotatable bonds is 4. The summed E-state index contributed by atoms with van der Waals surface area (Å²) in [5, 5.41) is 0. The second kappa shape index (κ2) is 5.34. The maximum atomic E-state index is 5.68. The van der Waals surface area contributed by atoms with E-state index in [4.69, 9.17) is 26.1 Å². The highest BCUT2D eigenvalue weighted by atomic mass is 32.1. The van der Waals surface area contributed by atoms with Crippen molar-refractivity contribution in [2.24, 2.45) is 0 Å². The standard InChI is InChI=1S/C14H12N2O3S/c1-17-11-3-2-9(15-7-11)8-18-10-4-5-13-12(6-10)16-14(20)19-13/h2-7H,8H2,1H3,(H,16,20). The fourth-order valence-corrected chi connectivity index (χ4v) is 1.99. The number of H-pyrrole nitrogens is 1. The highest BCUT2D eigenvalue weighted by molar-refractivity contribution is 7.71. The summed E-state index contributed by atoms with van der Waals surface area (Å²) in [5.41, 5.74) is 2.35. The predicted molar refractivity (Wildman–Crippen MR) is 76.5 cm³/mol. The Bertz CT molecular complexity index is 777. The molecule has 2 heterocycles. The van der Waals surface area contributed by atoms with Crippen LogP contribution in [0.2, 0.25) is 0 Å². The van der Waals surface area contributed by atoms with Gasteiger partial charge in [0.25, 0.3) is 4.84 Å². The van der Waals surface area contributed by atoms with E-state index in [0.717, 1.165) is 22.7 Å². The summed E-state index contributed by atoms with van der Waals surface area (Å²) in [4.78, 5) is 7.54. The van der Waals surface area contributed by atoms with Crippen LogP contribution in [-0.4, -0.2) is 17.1 Å². The van der Waals surface area contributed by atoms with E-state index in [1.165, 1.54) is 0 Å². The first-order valence-corrected chi connectivity index (χ1v) is 6.40. The van der Waals surface area contributed by atoms with E-state index in [-0.39, 0.29) is 0 Å². The maximum Gasteiger partial charge on any atom is 0.266 e. The Morgan fingerprint density at radius 2 is 2.10 bits per heavy atom. The molecule has 0 saturated carbocycles. The summed E-state index contributed by atoms with van der Waals surface area (Å²) in [6.45, 7) is 0.383. The number of nitrogens with one attached hydrogen (secondary N) is 1. The van der Waals surface area contributed by atoms with Gasteiger partial charge >= 0.3 is 0 Å². The smallest absolute Gasteiger partial charge is 0.266 e. The number of oxazole rings is 1. The summed E-state index contributed by atoms with van der Waals surface area (Å²) in [6.07, 6.45) is 1.66. The molecule has 0 saturated heterocycles. The molecule has 0 unspecified atom stereocenters. The summed E-state index contributed by atoms with van der Waals surface area (Å²) < 4.78 is 16.0. The predicted octanol–water partition coefficient (Wildman–Crippen LogP) is 3.47. The fraction of sp³-hybridized carbons (Fsp3) is 0.143. The average molecular weight is 288 g/mol. The van der Waals surface area contributed by atoms with Gasteiger partial charge in [-0.3, -0.25) is 4.98 Å². The van der Waals surface area contributed by atoms with Gasteiger partial charge in [0.15, 0.2) is 5.58 Å². The molecule has 102 valence electrons. The molecule has 0 aliphatic rings. The molecule has 0 aliphatic heterocycles. The number of pyridine rings is 1. The quantitative estimate of drug-likeness (QED) is 0.745. The van der Waals surface area contributed by atoms with Crippen LogP contribution >= 0.6 is 12.2 Å². The van der Waals surface area contributed by atoms with E-state index in [1.807, 2.05) is 30.3 Å². The van der Waals surface area contributed by atoms with Crippen molar-refractivity contribution < 1.29 is 13.9 Å². The molecule has 6 heteroatoms. The van der Waals surface area contributed by atoms with Gasteiger partial charge in [0.2, 0.25) is 0 Å². The van der Waals surface area contributed by atoms with E-state index >= 15 is 0 Å². The minimum Gasteiger partial charge on any atom is -0.495 e. The van der Waals surface area contributed by atoms with Crippen LogP contribution in [-0.2, 0) is 6.61 Å². The third-order valence-corrected chi connectivity index (χ3v) is 3.00. The Labute approximate surface area is 120 Å². The van der Waals surface area contributed by atoms with Crippen molar-refractivity contribution in [3.63, 3.8) is 0 Å². The zero-order chi connectivity index (χ0) is 13.9. The van der Waals surface area contributed by atoms with Gasteiger partial charge < -0.3 is 18.9 Å². The molecule has 3 rings (SSSR count). The third kappa shape index (κ3) is 2.65. The zero-order valence-corrected chi connectivity index (χ0v) is 11.6. The minimum atomic E-state index is 0.356. The average Bonchev–Trinajstić information content (AvgIpc) is 2.85. The lowest BCUT2D eigenvalue weighted by Gasteiger charge is -2.06. The Balaban J connectivity index is 1.73. The van der Waals surface area contributed by atoms with Crippen LogP contribution in [0.15, 0.2) is 40.9 Å². The van der Waals surface area contributed by atoms with E-state index in [0.29, 0.717) is 17.0 Å². The lowest BCUT2D eigenvalue weighted by atomic mass is 10.3. The van der Waals surface area contributed by atoms with E-state index in [2.05, 4.69) is 9.97 Å². The molecule has 0 radical (unpaired) electrons. The van der Waals surface area contributed by atoms with Crippen molar-refractivity contribution in [1.82, 2.24) is 9.97 Å². The van der Waals surface area contributed by atoms with Crippen molar-refractivity contribution in [2.45, 2.75) is 6.61 Å². The monoisotopic (exact) mass is 288 g/mol. The Morgan fingerprint density at radius 3 is 2.85 bits per heavy atom. The topological polar surface area (TPSA) is 60.3 Å². The molecule has 3 aromatic rings. The number of nitrogens with zero attached hydrogens (tertiary/aromatic N) is 1. The minimum absolute atomic E-state index is 0.356. The SMILES string of the molecule is COc1ccc(COc2ccc3oc(=S)[nH]c3c2)nc1. The molecule has 0 bridgehead atoms. The zero-order valence-electron chi connectivity index (χ0n) is 10.8. The van der Waals surface area contributed by atoms with Gasteiger partial charge in [0, 0.05) is 6.07 Å². The van der Waals surface area contributed by atoms with Crippen molar-refractivity contribution >= 4 is 23.3 Å². The number of hydrogen-bond acceptors (Lipinski definition) is 5. The third-order valence-electron chi connectivity index (χ3n) is 2.81. The molecule has 1 N–H and O–H groups in total. The summed E-state index contributed by atoms with van der Waals surface area (Å²) in [7, 11) is 1.61. The summed E-state index contributed by atoms with van der Waals surface area (Å²) in [6, 6.07) is 9.21. The van der Waals surface area contributed by atoms with Gasteiger partial charge in [-0.05, 0) is 36.5 Å². The molecule has 0 aliphatic carbocycles. The summed E-state index contributed by atoms with van der Waals surface area (Å²) >= 11 is 4.94. The number of aromatic amines is 1. The van der Waals surface area contributed by atoms with Gasteiger partial charge in [-0.1, -0.05) is 0 Å². The van der Waals surface area contributed by atoms with Crippen molar-refractivity contribution in [2.75, 3.05) is 7.11 Å².